The molecular weight excluding hydrogens is 701 g/mol. The monoisotopic (exact) mass is 769 g/mol. The van der Waals surface area contributed by atoms with Crippen molar-refractivity contribution in [1.82, 2.24) is 0 Å². The Morgan fingerprint density at radius 1 is 0.586 bits per heavy atom. The summed E-state index contributed by atoms with van der Waals surface area (Å²) in [4.78, 5) is 0. The Morgan fingerprint density at radius 3 is 1.83 bits per heavy atom. The molecule has 2 atom stereocenters. The Balaban J connectivity index is 0.000000178. The third-order valence-electron chi connectivity index (χ3n) is 11.9. The summed E-state index contributed by atoms with van der Waals surface area (Å²) in [6.07, 6.45) is 14.7. The highest BCUT2D eigenvalue weighted by molar-refractivity contribution is 6.22. The lowest BCUT2D eigenvalue weighted by Crippen LogP contribution is -2.15. The average Bonchev–Trinajstić information content (AvgIpc) is 3.67. The van der Waals surface area contributed by atoms with Crippen LogP contribution in [0.5, 0.6) is 0 Å². The van der Waals surface area contributed by atoms with Crippen molar-refractivity contribution in [1.29, 1.82) is 0 Å². The number of hydrogen-bond donors (Lipinski definition) is 0. The van der Waals surface area contributed by atoms with E-state index in [1.165, 1.54) is 77.9 Å². The molecule has 6 aromatic carbocycles. The first-order valence-electron chi connectivity index (χ1n) is 22.1. The van der Waals surface area contributed by atoms with Crippen molar-refractivity contribution >= 4 is 44.7 Å². The molecule has 1 aromatic heterocycles. The van der Waals surface area contributed by atoms with E-state index in [1.807, 2.05) is 27.7 Å². The molecule has 1 nitrogen and oxygen atoms in total. The minimum absolute atomic E-state index is 0.417. The SMILES string of the molecule is CC.CC.CC(c1ccccc1)c1cccc(-c2ccccc2)c1.CCC(C)C(C)(C)C.Cc1ccc2c(c1)c1c(c3ccc4c5c(oc4c32)C=CCC5)C=CCC1. The van der Waals surface area contributed by atoms with Gasteiger partial charge in [-0.3, -0.25) is 0 Å². The molecule has 0 amide bonds. The third kappa shape index (κ3) is 9.93. The zero-order valence-electron chi connectivity index (χ0n) is 37.4. The molecule has 302 valence electrons. The smallest absolute Gasteiger partial charge is 0.143 e. The van der Waals surface area contributed by atoms with E-state index in [0.29, 0.717) is 11.3 Å². The number of allylic oxidation sites excluding steroid dienone is 2. The van der Waals surface area contributed by atoms with Crippen molar-refractivity contribution in [2.45, 2.75) is 114 Å². The predicted octanol–water partition coefficient (Wildman–Crippen LogP) is 17.6. The van der Waals surface area contributed by atoms with E-state index in [2.05, 4.69) is 188 Å². The second-order valence-electron chi connectivity index (χ2n) is 16.4. The maximum atomic E-state index is 6.42. The van der Waals surface area contributed by atoms with Crippen molar-refractivity contribution in [3.63, 3.8) is 0 Å². The van der Waals surface area contributed by atoms with Crippen LogP contribution in [0.1, 0.15) is 134 Å². The third-order valence-corrected chi connectivity index (χ3v) is 11.9. The first kappa shape index (κ1) is 44.0. The summed E-state index contributed by atoms with van der Waals surface area (Å²) in [6, 6.07) is 41.5. The molecule has 0 fully saturated rings. The fourth-order valence-corrected chi connectivity index (χ4v) is 8.02. The number of furan rings is 1. The normalized spacial score (nSPS) is 13.6. The maximum Gasteiger partial charge on any atom is 0.143 e. The quantitative estimate of drug-likeness (QED) is 0.163. The lowest BCUT2D eigenvalue weighted by atomic mass is 9.81. The molecule has 0 radical (unpaired) electrons. The van der Waals surface area contributed by atoms with E-state index < -0.39 is 0 Å². The van der Waals surface area contributed by atoms with Crippen LogP contribution in [-0.4, -0.2) is 0 Å². The van der Waals surface area contributed by atoms with Crippen LogP contribution in [0.25, 0.3) is 55.8 Å². The second kappa shape index (κ2) is 20.5. The van der Waals surface area contributed by atoms with Gasteiger partial charge >= 0.3 is 0 Å². The van der Waals surface area contributed by atoms with Crippen LogP contribution in [0, 0.1) is 18.3 Å². The Kier molecular flexibility index (Phi) is 15.6. The van der Waals surface area contributed by atoms with Crippen molar-refractivity contribution in [3.8, 4) is 11.1 Å². The number of fused-ring (bicyclic) bond motifs is 10. The van der Waals surface area contributed by atoms with Crippen LogP contribution in [-0.2, 0) is 12.8 Å². The summed E-state index contributed by atoms with van der Waals surface area (Å²) < 4.78 is 6.42. The molecule has 0 bridgehead atoms. The van der Waals surface area contributed by atoms with Crippen molar-refractivity contribution in [2.75, 3.05) is 0 Å². The molecular formula is C57H68O. The Morgan fingerprint density at radius 2 is 1.17 bits per heavy atom. The number of benzene rings is 6. The van der Waals surface area contributed by atoms with E-state index in [-0.39, 0.29) is 0 Å². The molecule has 2 aliphatic rings. The van der Waals surface area contributed by atoms with E-state index >= 15 is 0 Å². The van der Waals surface area contributed by atoms with E-state index in [1.54, 1.807) is 0 Å². The van der Waals surface area contributed by atoms with Crippen LogP contribution in [0.4, 0.5) is 0 Å². The van der Waals surface area contributed by atoms with Crippen LogP contribution in [0.15, 0.2) is 132 Å². The van der Waals surface area contributed by atoms with Crippen molar-refractivity contribution < 1.29 is 4.42 Å². The molecule has 2 aliphatic carbocycles. The zero-order chi connectivity index (χ0) is 41.8. The summed E-state index contributed by atoms with van der Waals surface area (Å²) in [5, 5.41) is 6.63. The molecule has 0 aliphatic heterocycles. The molecule has 7 aromatic rings. The van der Waals surface area contributed by atoms with Crippen molar-refractivity contribution in [2.24, 2.45) is 11.3 Å². The molecule has 1 heteroatoms. The van der Waals surface area contributed by atoms with E-state index in [9.17, 15) is 0 Å². The van der Waals surface area contributed by atoms with Gasteiger partial charge in [-0.05, 0) is 99.6 Å². The van der Waals surface area contributed by atoms with Gasteiger partial charge in [0.05, 0.1) is 0 Å². The predicted molar refractivity (Wildman–Crippen MR) is 258 cm³/mol. The molecule has 0 N–H and O–H groups in total. The molecule has 58 heavy (non-hydrogen) atoms. The summed E-state index contributed by atoms with van der Waals surface area (Å²) in [7, 11) is 0. The first-order chi connectivity index (χ1) is 28.1. The second-order valence-corrected chi connectivity index (χ2v) is 16.4. The van der Waals surface area contributed by atoms with Crippen LogP contribution in [0.3, 0.4) is 0 Å². The molecule has 9 rings (SSSR count). The van der Waals surface area contributed by atoms with Gasteiger partial charge in [0.1, 0.15) is 11.3 Å². The van der Waals surface area contributed by atoms with Gasteiger partial charge in [-0.2, -0.15) is 0 Å². The fourth-order valence-electron chi connectivity index (χ4n) is 8.02. The summed E-state index contributed by atoms with van der Waals surface area (Å²) in [5.41, 5.74) is 12.4. The van der Waals surface area contributed by atoms with Gasteiger partial charge in [0.2, 0.25) is 0 Å². The molecule has 0 saturated carbocycles. The van der Waals surface area contributed by atoms with Gasteiger partial charge in [0.15, 0.2) is 0 Å². The topological polar surface area (TPSA) is 13.1 Å². The van der Waals surface area contributed by atoms with Crippen LogP contribution >= 0.6 is 0 Å². The maximum absolute atomic E-state index is 6.42. The molecule has 2 unspecified atom stereocenters. The Labute approximate surface area is 350 Å². The largest absolute Gasteiger partial charge is 0.456 e. The minimum Gasteiger partial charge on any atom is -0.456 e. The highest BCUT2D eigenvalue weighted by atomic mass is 16.3. The van der Waals surface area contributed by atoms with Gasteiger partial charge < -0.3 is 4.42 Å². The number of hydrogen-bond acceptors (Lipinski definition) is 1. The zero-order valence-corrected chi connectivity index (χ0v) is 37.4. The molecule has 0 saturated heterocycles. The summed E-state index contributed by atoms with van der Waals surface area (Å²) in [6.45, 7) is 23.9. The average molecular weight is 769 g/mol. The van der Waals surface area contributed by atoms with Gasteiger partial charge in [-0.1, -0.05) is 215 Å². The van der Waals surface area contributed by atoms with Gasteiger partial charge in [-0.25, -0.2) is 0 Å². The summed E-state index contributed by atoms with van der Waals surface area (Å²) in [5.74, 6) is 2.31. The fraction of sp³-hybridized carbons (Fsp3) is 0.333. The number of aryl methyl sites for hydroxylation is 3. The van der Waals surface area contributed by atoms with Gasteiger partial charge in [-0.15, -0.1) is 0 Å². The lowest BCUT2D eigenvalue weighted by molar-refractivity contribution is 0.254. The first-order valence-corrected chi connectivity index (χ1v) is 22.1. The Hall–Kier alpha value is -5.14. The minimum atomic E-state index is 0.417. The van der Waals surface area contributed by atoms with Gasteiger partial charge in [0, 0.05) is 22.3 Å². The highest BCUT2D eigenvalue weighted by Crippen LogP contribution is 2.43. The molecule has 1 heterocycles. The standard InChI is InChI=1S/C25H20O.C20H18.C8H18.2C2H6/c1-15-10-11-20-22(14-15)17-7-3-2-6-16(17)19-12-13-21-18-8-4-5-9-23(18)26-25(21)24(19)20;1-16(17-9-4-2-5-10-17)19-13-8-14-20(15-19)18-11-6-3-7-12-18;1-6-7(2)8(3,4)5;2*1-2/h2,5-6,9-14H,3-4,7-8H2,1H3;2-16H,1H3;7H,6H2,1-5H3;2*1-2H3. The van der Waals surface area contributed by atoms with E-state index in [0.717, 1.165) is 42.9 Å². The lowest BCUT2D eigenvalue weighted by Gasteiger charge is -2.25. The van der Waals surface area contributed by atoms with Crippen LogP contribution in [0.2, 0.25) is 0 Å². The highest BCUT2D eigenvalue weighted by Gasteiger charge is 2.22. The summed E-state index contributed by atoms with van der Waals surface area (Å²) >= 11 is 0. The van der Waals surface area contributed by atoms with Crippen LogP contribution < -0.4 is 0 Å². The molecule has 0 spiro atoms. The van der Waals surface area contributed by atoms with Gasteiger partial charge in [0.25, 0.3) is 0 Å². The van der Waals surface area contributed by atoms with Crippen molar-refractivity contribution in [3.05, 3.63) is 167 Å². The Bertz CT molecular complexity index is 2430. The number of rotatable bonds is 4. The van der Waals surface area contributed by atoms with E-state index in [4.69, 9.17) is 4.42 Å².